The molecule has 1 aliphatic rings. The number of hydrogen-bond acceptors (Lipinski definition) is 8. The van der Waals surface area contributed by atoms with E-state index in [9.17, 15) is 0 Å². The molecule has 0 atom stereocenters. The van der Waals surface area contributed by atoms with E-state index in [1.165, 1.54) is 11.0 Å². The Labute approximate surface area is 148 Å². The largest absolute Gasteiger partial charge is 0.496 e. The van der Waals surface area contributed by atoms with E-state index in [0.717, 1.165) is 25.7 Å². The molecule has 0 unspecified atom stereocenters. The number of nitrogens with zero attached hydrogens (tertiary/aromatic N) is 6. The molecule has 3 aromatic rings. The van der Waals surface area contributed by atoms with Crippen LogP contribution in [-0.2, 0) is 5.54 Å². The number of methoxy groups -OCH3 is 1. The number of benzene rings is 1. The zero-order valence-electron chi connectivity index (χ0n) is 13.5. The Hall–Kier alpha value is -2.52. The first-order valence-corrected chi connectivity index (χ1v) is 8.23. The van der Waals surface area contributed by atoms with E-state index in [2.05, 4.69) is 25.7 Å². The third kappa shape index (κ3) is 2.75. The second-order valence-electron chi connectivity index (χ2n) is 6.04. The SMILES string of the molecule is COc1cc(-n2cnnn2)c(Cl)cc1-c1nc(C2(N)CCCC2)no1. The van der Waals surface area contributed by atoms with Gasteiger partial charge in [-0.1, -0.05) is 29.6 Å². The average Bonchev–Trinajstić information content (AvgIpc) is 3.36. The van der Waals surface area contributed by atoms with Gasteiger partial charge >= 0.3 is 0 Å². The molecule has 1 aromatic carbocycles. The van der Waals surface area contributed by atoms with Crippen LogP contribution in [-0.4, -0.2) is 37.5 Å². The van der Waals surface area contributed by atoms with Gasteiger partial charge in [0.05, 0.1) is 28.9 Å². The molecule has 2 N–H and O–H groups in total. The van der Waals surface area contributed by atoms with E-state index in [1.807, 2.05) is 0 Å². The summed E-state index contributed by atoms with van der Waals surface area (Å²) in [6.07, 6.45) is 5.28. The highest BCUT2D eigenvalue weighted by Gasteiger charge is 2.36. The van der Waals surface area contributed by atoms with Crippen molar-refractivity contribution >= 4 is 11.6 Å². The Kier molecular flexibility index (Phi) is 3.89. The molecular formula is C15H16ClN7O2. The van der Waals surface area contributed by atoms with Crippen molar-refractivity contribution in [3.63, 3.8) is 0 Å². The highest BCUT2D eigenvalue weighted by molar-refractivity contribution is 6.32. The van der Waals surface area contributed by atoms with Crippen molar-refractivity contribution in [2.24, 2.45) is 5.73 Å². The molecule has 0 spiro atoms. The van der Waals surface area contributed by atoms with Gasteiger partial charge in [0.25, 0.3) is 5.89 Å². The Bertz CT molecular complexity index is 887. The molecule has 1 saturated carbocycles. The topological polar surface area (TPSA) is 118 Å². The zero-order valence-corrected chi connectivity index (χ0v) is 14.3. The third-order valence-electron chi connectivity index (χ3n) is 4.46. The predicted molar refractivity (Wildman–Crippen MR) is 88.3 cm³/mol. The van der Waals surface area contributed by atoms with Crippen LogP contribution < -0.4 is 10.5 Å². The maximum absolute atomic E-state index is 6.39. The predicted octanol–water partition coefficient (Wildman–Crippen LogP) is 2.10. The molecule has 0 saturated heterocycles. The molecule has 0 amide bonds. The summed E-state index contributed by atoms with van der Waals surface area (Å²) in [7, 11) is 1.55. The lowest BCUT2D eigenvalue weighted by Gasteiger charge is -2.17. The minimum absolute atomic E-state index is 0.314. The third-order valence-corrected chi connectivity index (χ3v) is 4.77. The summed E-state index contributed by atoms with van der Waals surface area (Å²) in [5.41, 5.74) is 7.04. The van der Waals surface area contributed by atoms with Crippen LogP contribution in [0.15, 0.2) is 23.0 Å². The second kappa shape index (κ2) is 6.08. The summed E-state index contributed by atoms with van der Waals surface area (Å²) in [6, 6.07) is 3.40. The van der Waals surface area contributed by atoms with Gasteiger partial charge in [0.15, 0.2) is 5.82 Å². The fourth-order valence-electron chi connectivity index (χ4n) is 3.09. The van der Waals surface area contributed by atoms with Crippen LogP contribution in [0.5, 0.6) is 5.75 Å². The molecule has 0 aliphatic heterocycles. The van der Waals surface area contributed by atoms with Gasteiger partial charge in [-0.2, -0.15) is 9.67 Å². The van der Waals surface area contributed by atoms with Crippen LogP contribution in [0.3, 0.4) is 0 Å². The van der Waals surface area contributed by atoms with E-state index in [0.29, 0.717) is 33.7 Å². The van der Waals surface area contributed by atoms with Gasteiger partial charge in [0, 0.05) is 6.07 Å². The van der Waals surface area contributed by atoms with Gasteiger partial charge < -0.3 is 15.0 Å². The standard InChI is InChI=1S/C15H16ClN7O2/c1-24-12-7-11(23-8-18-21-22-23)10(16)6-9(12)13-19-14(20-25-13)15(17)4-2-3-5-15/h6-8H,2-5,17H2,1H3. The Morgan fingerprint density at radius 3 is 2.80 bits per heavy atom. The van der Waals surface area contributed by atoms with Crippen molar-refractivity contribution in [2.45, 2.75) is 31.2 Å². The summed E-state index contributed by atoms with van der Waals surface area (Å²) in [5, 5.41) is 15.6. The Morgan fingerprint density at radius 1 is 1.32 bits per heavy atom. The van der Waals surface area contributed by atoms with Crippen LogP contribution in [0.4, 0.5) is 0 Å². The lowest BCUT2D eigenvalue weighted by molar-refractivity contribution is 0.370. The number of aromatic nitrogens is 6. The van der Waals surface area contributed by atoms with Crippen LogP contribution in [0.1, 0.15) is 31.5 Å². The summed E-state index contributed by atoms with van der Waals surface area (Å²) in [4.78, 5) is 4.49. The van der Waals surface area contributed by atoms with Crippen LogP contribution in [0, 0.1) is 0 Å². The maximum Gasteiger partial charge on any atom is 0.261 e. The second-order valence-corrected chi connectivity index (χ2v) is 6.45. The number of hydrogen-bond donors (Lipinski definition) is 1. The van der Waals surface area contributed by atoms with E-state index in [-0.39, 0.29) is 0 Å². The molecule has 2 heterocycles. The molecule has 1 fully saturated rings. The number of tetrazole rings is 1. The average molecular weight is 362 g/mol. The smallest absolute Gasteiger partial charge is 0.261 e. The molecule has 10 heteroatoms. The maximum atomic E-state index is 6.39. The van der Waals surface area contributed by atoms with Crippen LogP contribution >= 0.6 is 11.6 Å². The minimum atomic E-state index is -0.523. The molecule has 130 valence electrons. The van der Waals surface area contributed by atoms with Crippen molar-refractivity contribution in [1.82, 2.24) is 30.3 Å². The first-order chi connectivity index (χ1) is 12.1. The molecule has 1 aliphatic carbocycles. The highest BCUT2D eigenvalue weighted by atomic mass is 35.5. The van der Waals surface area contributed by atoms with Gasteiger partial charge in [-0.15, -0.1) is 5.10 Å². The lowest BCUT2D eigenvalue weighted by Crippen LogP contribution is -2.34. The van der Waals surface area contributed by atoms with Crippen molar-refractivity contribution in [2.75, 3.05) is 7.11 Å². The van der Waals surface area contributed by atoms with Gasteiger partial charge in [-0.25, -0.2) is 0 Å². The van der Waals surface area contributed by atoms with Gasteiger partial charge in [-0.3, -0.25) is 0 Å². The summed E-state index contributed by atoms with van der Waals surface area (Å²) in [6.45, 7) is 0. The molecule has 25 heavy (non-hydrogen) atoms. The Balaban J connectivity index is 1.76. The normalized spacial score (nSPS) is 16.3. The summed E-state index contributed by atoms with van der Waals surface area (Å²) >= 11 is 6.37. The molecule has 0 radical (unpaired) electrons. The van der Waals surface area contributed by atoms with E-state index >= 15 is 0 Å². The van der Waals surface area contributed by atoms with Crippen molar-refractivity contribution in [3.05, 3.63) is 29.3 Å². The summed E-state index contributed by atoms with van der Waals surface area (Å²) in [5.74, 6) is 1.35. The first kappa shape index (κ1) is 16.0. The van der Waals surface area contributed by atoms with E-state index in [4.69, 9.17) is 26.6 Å². The van der Waals surface area contributed by atoms with E-state index < -0.39 is 5.54 Å². The lowest BCUT2D eigenvalue weighted by atomic mass is 9.98. The van der Waals surface area contributed by atoms with Gasteiger partial charge in [0.2, 0.25) is 0 Å². The number of nitrogens with two attached hydrogens (primary N) is 1. The molecule has 2 aromatic heterocycles. The zero-order chi connectivity index (χ0) is 17.4. The monoisotopic (exact) mass is 361 g/mol. The first-order valence-electron chi connectivity index (χ1n) is 7.85. The molecular weight excluding hydrogens is 346 g/mol. The van der Waals surface area contributed by atoms with E-state index in [1.54, 1.807) is 19.2 Å². The summed E-state index contributed by atoms with van der Waals surface area (Å²) < 4.78 is 12.3. The number of halogens is 1. The fourth-order valence-corrected chi connectivity index (χ4v) is 3.34. The minimum Gasteiger partial charge on any atom is -0.496 e. The molecule has 4 rings (SSSR count). The fraction of sp³-hybridized carbons (Fsp3) is 0.400. The van der Waals surface area contributed by atoms with Crippen molar-refractivity contribution in [3.8, 4) is 22.9 Å². The van der Waals surface area contributed by atoms with Crippen molar-refractivity contribution < 1.29 is 9.26 Å². The highest BCUT2D eigenvalue weighted by Crippen LogP contribution is 2.38. The Morgan fingerprint density at radius 2 is 2.12 bits per heavy atom. The number of ether oxygens (including phenoxy) is 1. The molecule has 0 bridgehead atoms. The van der Waals surface area contributed by atoms with Crippen LogP contribution in [0.25, 0.3) is 17.1 Å². The van der Waals surface area contributed by atoms with Gasteiger partial charge in [0.1, 0.15) is 12.1 Å². The van der Waals surface area contributed by atoms with Crippen LogP contribution in [0.2, 0.25) is 5.02 Å². The molecule has 9 nitrogen and oxygen atoms in total. The quantitative estimate of drug-likeness (QED) is 0.750. The number of rotatable bonds is 4. The van der Waals surface area contributed by atoms with Crippen molar-refractivity contribution in [1.29, 1.82) is 0 Å². The van der Waals surface area contributed by atoms with Gasteiger partial charge in [-0.05, 0) is 29.3 Å².